The molecule has 2 aromatic rings. The first kappa shape index (κ1) is 11.1. The average Bonchev–Trinajstić information content (AvgIpc) is 2.59. The first-order chi connectivity index (χ1) is 7.41. The summed E-state index contributed by atoms with van der Waals surface area (Å²) in [7, 11) is 0. The second-order valence-electron chi connectivity index (χ2n) is 5.54. The Balaban J connectivity index is 2.71. The fourth-order valence-electron chi connectivity index (χ4n) is 1.93. The van der Waals surface area contributed by atoms with Crippen LogP contribution < -0.4 is 0 Å². The van der Waals surface area contributed by atoms with Crippen LogP contribution >= 0.6 is 0 Å². The van der Waals surface area contributed by atoms with Crippen molar-refractivity contribution in [1.82, 2.24) is 15.0 Å². The molecule has 0 unspecified atom stereocenters. The van der Waals surface area contributed by atoms with E-state index in [1.54, 1.807) is 0 Å². The summed E-state index contributed by atoms with van der Waals surface area (Å²) in [5, 5.41) is 8.60. The van der Waals surface area contributed by atoms with E-state index >= 15 is 0 Å². The summed E-state index contributed by atoms with van der Waals surface area (Å²) in [4.78, 5) is 0. The highest BCUT2D eigenvalue weighted by Gasteiger charge is 2.19. The number of aromatic nitrogens is 3. The molecule has 1 heterocycles. The highest BCUT2D eigenvalue weighted by molar-refractivity contribution is 5.78. The third kappa shape index (κ3) is 1.70. The van der Waals surface area contributed by atoms with Gasteiger partial charge in [0.1, 0.15) is 5.52 Å². The fraction of sp³-hybridized carbons (Fsp3) is 0.538. The molecule has 0 aliphatic heterocycles. The van der Waals surface area contributed by atoms with Gasteiger partial charge in [0.05, 0.1) is 11.1 Å². The smallest absolute Gasteiger partial charge is 0.116 e. The minimum atomic E-state index is -0.0235. The number of hydrogen-bond donors (Lipinski definition) is 0. The molecule has 0 aliphatic rings. The minimum absolute atomic E-state index is 0.0235. The van der Waals surface area contributed by atoms with Gasteiger partial charge in [-0.2, -0.15) is 0 Å². The van der Waals surface area contributed by atoms with E-state index in [0.717, 1.165) is 11.0 Å². The van der Waals surface area contributed by atoms with Crippen molar-refractivity contribution in [2.75, 3.05) is 0 Å². The summed E-state index contributed by atoms with van der Waals surface area (Å²) in [5.41, 5.74) is 3.41. The molecule has 1 aromatic carbocycles. The van der Waals surface area contributed by atoms with E-state index in [1.807, 2.05) is 4.68 Å². The molecule has 0 saturated heterocycles. The van der Waals surface area contributed by atoms with Gasteiger partial charge in [0, 0.05) is 0 Å². The molecule has 0 aliphatic carbocycles. The van der Waals surface area contributed by atoms with Crippen LogP contribution in [0.4, 0.5) is 0 Å². The molecule has 3 nitrogen and oxygen atoms in total. The number of nitrogens with zero attached hydrogens (tertiary/aromatic N) is 3. The molecule has 0 atom stereocenters. The monoisotopic (exact) mass is 217 g/mol. The molecule has 0 fully saturated rings. The van der Waals surface area contributed by atoms with E-state index < -0.39 is 0 Å². The van der Waals surface area contributed by atoms with E-state index in [1.165, 1.54) is 5.56 Å². The quantitative estimate of drug-likeness (QED) is 0.733. The van der Waals surface area contributed by atoms with Gasteiger partial charge in [-0.15, -0.1) is 5.10 Å². The molecular weight excluding hydrogens is 198 g/mol. The summed E-state index contributed by atoms with van der Waals surface area (Å²) < 4.78 is 1.99. The molecule has 2 rings (SSSR count). The topological polar surface area (TPSA) is 30.7 Å². The van der Waals surface area contributed by atoms with E-state index in [9.17, 15) is 0 Å². The summed E-state index contributed by atoms with van der Waals surface area (Å²) in [6.45, 7) is 10.8. The zero-order valence-corrected chi connectivity index (χ0v) is 10.7. The molecule has 16 heavy (non-hydrogen) atoms. The van der Waals surface area contributed by atoms with Crippen LogP contribution in [0.3, 0.4) is 0 Å². The molecule has 0 saturated carbocycles. The van der Waals surface area contributed by atoms with E-state index in [0.29, 0.717) is 5.92 Å². The third-order valence-electron chi connectivity index (χ3n) is 2.77. The van der Waals surface area contributed by atoms with Crippen molar-refractivity contribution in [2.45, 2.75) is 46.1 Å². The zero-order valence-electron chi connectivity index (χ0n) is 10.7. The number of hydrogen-bond acceptors (Lipinski definition) is 2. The van der Waals surface area contributed by atoms with Crippen molar-refractivity contribution in [1.29, 1.82) is 0 Å². The van der Waals surface area contributed by atoms with Crippen molar-refractivity contribution in [3.63, 3.8) is 0 Å². The molecule has 0 radical (unpaired) electrons. The highest BCUT2D eigenvalue weighted by atomic mass is 15.4. The Morgan fingerprint density at radius 2 is 1.88 bits per heavy atom. The van der Waals surface area contributed by atoms with Gasteiger partial charge in [-0.05, 0) is 38.3 Å². The second kappa shape index (κ2) is 3.58. The van der Waals surface area contributed by atoms with Crippen molar-refractivity contribution in [2.24, 2.45) is 0 Å². The standard InChI is InChI=1S/C13H19N3/c1-9(2)10-7-6-8-11-12(10)14-15-16(11)13(3,4)5/h6-9H,1-5H3. The van der Waals surface area contributed by atoms with Crippen molar-refractivity contribution in [3.05, 3.63) is 23.8 Å². The Kier molecular flexibility index (Phi) is 2.49. The van der Waals surface area contributed by atoms with Gasteiger partial charge in [-0.25, -0.2) is 4.68 Å². The van der Waals surface area contributed by atoms with Gasteiger partial charge in [0.15, 0.2) is 0 Å². The number of fused-ring (bicyclic) bond motifs is 1. The predicted molar refractivity (Wildman–Crippen MR) is 66.6 cm³/mol. The van der Waals surface area contributed by atoms with E-state index in [-0.39, 0.29) is 5.54 Å². The molecule has 86 valence electrons. The third-order valence-corrected chi connectivity index (χ3v) is 2.77. The van der Waals surface area contributed by atoms with Crippen LogP contribution in [0.15, 0.2) is 18.2 Å². The van der Waals surface area contributed by atoms with Crippen molar-refractivity contribution in [3.8, 4) is 0 Å². The lowest BCUT2D eigenvalue weighted by atomic mass is 10.0. The molecule has 1 aromatic heterocycles. The van der Waals surface area contributed by atoms with Gasteiger partial charge >= 0.3 is 0 Å². The molecule has 0 amide bonds. The Bertz CT molecular complexity index is 503. The first-order valence-corrected chi connectivity index (χ1v) is 5.76. The molecule has 0 spiro atoms. The Morgan fingerprint density at radius 1 is 1.19 bits per heavy atom. The average molecular weight is 217 g/mol. The van der Waals surface area contributed by atoms with Crippen LogP contribution in [0.2, 0.25) is 0 Å². The van der Waals surface area contributed by atoms with Crippen LogP contribution in [-0.2, 0) is 5.54 Å². The summed E-state index contributed by atoms with van der Waals surface area (Å²) in [6.07, 6.45) is 0. The van der Waals surface area contributed by atoms with E-state index in [4.69, 9.17) is 0 Å². The van der Waals surface area contributed by atoms with Crippen molar-refractivity contribution >= 4 is 11.0 Å². The summed E-state index contributed by atoms with van der Waals surface area (Å²) >= 11 is 0. The first-order valence-electron chi connectivity index (χ1n) is 5.76. The van der Waals surface area contributed by atoms with Gasteiger partial charge in [0.2, 0.25) is 0 Å². The Labute approximate surface area is 96.5 Å². The van der Waals surface area contributed by atoms with Crippen LogP contribution in [0.5, 0.6) is 0 Å². The van der Waals surface area contributed by atoms with Gasteiger partial charge in [-0.1, -0.05) is 31.2 Å². The van der Waals surface area contributed by atoms with Gasteiger partial charge in [-0.3, -0.25) is 0 Å². The predicted octanol–water partition coefficient (Wildman–Crippen LogP) is 3.31. The minimum Gasteiger partial charge on any atom is -0.239 e. The molecule has 0 bridgehead atoms. The fourth-order valence-corrected chi connectivity index (χ4v) is 1.93. The maximum atomic E-state index is 4.32. The largest absolute Gasteiger partial charge is 0.239 e. The lowest BCUT2D eigenvalue weighted by Gasteiger charge is -2.19. The highest BCUT2D eigenvalue weighted by Crippen LogP contribution is 2.26. The van der Waals surface area contributed by atoms with E-state index in [2.05, 4.69) is 63.1 Å². The number of benzene rings is 1. The van der Waals surface area contributed by atoms with Crippen molar-refractivity contribution < 1.29 is 0 Å². The Hall–Kier alpha value is -1.38. The van der Waals surface area contributed by atoms with Crippen LogP contribution in [0.1, 0.15) is 46.1 Å². The van der Waals surface area contributed by atoms with Crippen LogP contribution in [0.25, 0.3) is 11.0 Å². The van der Waals surface area contributed by atoms with Gasteiger partial charge < -0.3 is 0 Å². The lowest BCUT2D eigenvalue weighted by molar-refractivity contribution is 0.358. The lowest BCUT2D eigenvalue weighted by Crippen LogP contribution is -2.23. The molecule has 3 heteroatoms. The zero-order chi connectivity index (χ0) is 11.9. The summed E-state index contributed by atoms with van der Waals surface area (Å²) in [5.74, 6) is 0.480. The maximum absolute atomic E-state index is 4.32. The van der Waals surface area contributed by atoms with Crippen LogP contribution in [-0.4, -0.2) is 15.0 Å². The number of rotatable bonds is 1. The normalized spacial score (nSPS) is 12.6. The summed E-state index contributed by atoms with van der Waals surface area (Å²) in [6, 6.07) is 6.31. The van der Waals surface area contributed by atoms with Crippen LogP contribution in [0, 0.1) is 0 Å². The SMILES string of the molecule is CC(C)c1cccc2c1nnn2C(C)(C)C. The Morgan fingerprint density at radius 3 is 2.44 bits per heavy atom. The van der Waals surface area contributed by atoms with Gasteiger partial charge in [0.25, 0.3) is 0 Å². The second-order valence-corrected chi connectivity index (χ2v) is 5.54. The molecular formula is C13H19N3. The molecule has 0 N–H and O–H groups in total. The maximum Gasteiger partial charge on any atom is 0.116 e.